The van der Waals surface area contributed by atoms with Crippen LogP contribution in [0.2, 0.25) is 0 Å². The van der Waals surface area contributed by atoms with Crippen LogP contribution in [-0.4, -0.2) is 27.7 Å². The van der Waals surface area contributed by atoms with E-state index in [0.29, 0.717) is 15.7 Å². The van der Waals surface area contributed by atoms with Gasteiger partial charge in [0.25, 0.3) is 0 Å². The fourth-order valence-electron chi connectivity index (χ4n) is 1.45. The summed E-state index contributed by atoms with van der Waals surface area (Å²) in [5.41, 5.74) is 1.00. The number of aliphatic carboxylic acids is 1. The van der Waals surface area contributed by atoms with Crippen molar-refractivity contribution in [2.24, 2.45) is 0 Å². The Morgan fingerprint density at radius 1 is 1.33 bits per heavy atom. The van der Waals surface area contributed by atoms with E-state index in [2.05, 4.69) is 10.3 Å². The molecule has 1 aromatic heterocycles. The van der Waals surface area contributed by atoms with Crippen LogP contribution in [0.15, 0.2) is 34.0 Å². The zero-order valence-corrected chi connectivity index (χ0v) is 12.3. The van der Waals surface area contributed by atoms with Gasteiger partial charge in [0.2, 0.25) is 5.91 Å². The number of carbonyl (C=O) groups is 2. The summed E-state index contributed by atoms with van der Waals surface area (Å²) in [6, 6.07) is 5.49. The van der Waals surface area contributed by atoms with E-state index in [1.807, 2.05) is 0 Å². The third kappa shape index (κ3) is 5.16. The van der Waals surface area contributed by atoms with Crippen LogP contribution in [0, 0.1) is 5.82 Å². The van der Waals surface area contributed by atoms with Crippen molar-refractivity contribution in [1.29, 1.82) is 0 Å². The van der Waals surface area contributed by atoms with Crippen LogP contribution in [0.4, 0.5) is 10.1 Å². The summed E-state index contributed by atoms with van der Waals surface area (Å²) in [6.07, 6.45) is -0.126. The minimum Gasteiger partial charge on any atom is -0.481 e. The number of hydrogen-bond acceptors (Lipinski definition) is 5. The van der Waals surface area contributed by atoms with Crippen molar-refractivity contribution >= 4 is 40.7 Å². The minimum atomic E-state index is -0.939. The van der Waals surface area contributed by atoms with Gasteiger partial charge in [-0.05, 0) is 24.3 Å². The molecule has 1 heterocycles. The van der Waals surface area contributed by atoms with Gasteiger partial charge in [0.1, 0.15) is 5.82 Å². The normalized spacial score (nSPS) is 10.3. The molecule has 0 fully saturated rings. The molecule has 0 saturated carbocycles. The second kappa shape index (κ2) is 7.19. The molecule has 21 heavy (non-hydrogen) atoms. The van der Waals surface area contributed by atoms with Gasteiger partial charge in [-0.1, -0.05) is 11.8 Å². The average molecular weight is 326 g/mol. The lowest BCUT2D eigenvalue weighted by molar-refractivity contribution is -0.136. The third-order valence-electron chi connectivity index (χ3n) is 2.32. The zero-order valence-electron chi connectivity index (χ0n) is 10.7. The summed E-state index contributed by atoms with van der Waals surface area (Å²) < 4.78 is 13.4. The van der Waals surface area contributed by atoms with E-state index in [1.165, 1.54) is 47.4 Å². The number of halogens is 1. The molecule has 1 aromatic carbocycles. The number of carbonyl (C=O) groups excluding carboxylic acids is 1. The van der Waals surface area contributed by atoms with Crippen molar-refractivity contribution in [3.8, 4) is 0 Å². The van der Waals surface area contributed by atoms with Crippen molar-refractivity contribution in [3.63, 3.8) is 0 Å². The molecule has 2 aromatic rings. The van der Waals surface area contributed by atoms with Gasteiger partial charge in [-0.15, -0.1) is 11.3 Å². The van der Waals surface area contributed by atoms with E-state index in [-0.39, 0.29) is 23.9 Å². The number of anilines is 1. The molecule has 8 heteroatoms. The van der Waals surface area contributed by atoms with Crippen molar-refractivity contribution in [3.05, 3.63) is 41.2 Å². The number of thioether (sulfide) groups is 1. The SMILES string of the molecule is O=C(O)Cc1csc(SCC(=O)Nc2ccc(F)cc2)n1. The number of hydrogen-bond donors (Lipinski definition) is 2. The third-order valence-corrected chi connectivity index (χ3v) is 4.39. The summed E-state index contributed by atoms with van der Waals surface area (Å²) >= 11 is 2.53. The predicted octanol–water partition coefficient (Wildman–Crippen LogP) is 2.64. The van der Waals surface area contributed by atoms with Gasteiger partial charge in [-0.3, -0.25) is 9.59 Å². The van der Waals surface area contributed by atoms with Gasteiger partial charge in [0, 0.05) is 11.1 Å². The van der Waals surface area contributed by atoms with E-state index in [1.54, 1.807) is 5.38 Å². The number of amides is 1. The number of carboxylic acids is 1. The number of thiazole rings is 1. The lowest BCUT2D eigenvalue weighted by atomic mass is 10.3. The number of rotatable bonds is 6. The number of nitrogens with zero attached hydrogens (tertiary/aromatic N) is 1. The molecule has 0 aliphatic heterocycles. The molecule has 0 atom stereocenters. The first-order valence-electron chi connectivity index (χ1n) is 5.87. The second-order valence-corrected chi connectivity index (χ2v) is 6.10. The maximum atomic E-state index is 12.7. The molecule has 5 nitrogen and oxygen atoms in total. The Bertz CT molecular complexity index is 643. The van der Waals surface area contributed by atoms with Crippen LogP contribution in [0.5, 0.6) is 0 Å². The Balaban J connectivity index is 1.82. The molecular formula is C13H11FN2O3S2. The van der Waals surface area contributed by atoms with Crippen molar-refractivity contribution in [1.82, 2.24) is 4.98 Å². The number of aromatic nitrogens is 1. The zero-order chi connectivity index (χ0) is 15.2. The molecular weight excluding hydrogens is 315 g/mol. The second-order valence-electron chi connectivity index (χ2n) is 4.02. The van der Waals surface area contributed by atoms with E-state index >= 15 is 0 Å². The summed E-state index contributed by atoms with van der Waals surface area (Å²) in [5.74, 6) is -1.39. The lowest BCUT2D eigenvalue weighted by Gasteiger charge is -2.03. The van der Waals surface area contributed by atoms with Crippen molar-refractivity contribution in [2.75, 3.05) is 11.1 Å². The van der Waals surface area contributed by atoms with Gasteiger partial charge < -0.3 is 10.4 Å². The van der Waals surface area contributed by atoms with Gasteiger partial charge in [0.15, 0.2) is 4.34 Å². The molecule has 2 rings (SSSR count). The largest absolute Gasteiger partial charge is 0.481 e. The van der Waals surface area contributed by atoms with Gasteiger partial charge >= 0.3 is 5.97 Å². The molecule has 0 aliphatic rings. The lowest BCUT2D eigenvalue weighted by Crippen LogP contribution is -2.13. The molecule has 110 valence electrons. The summed E-state index contributed by atoms with van der Waals surface area (Å²) in [6.45, 7) is 0. The van der Waals surface area contributed by atoms with Crippen molar-refractivity contribution < 1.29 is 19.1 Å². The maximum Gasteiger partial charge on any atom is 0.309 e. The quantitative estimate of drug-likeness (QED) is 0.798. The topological polar surface area (TPSA) is 79.3 Å². The Morgan fingerprint density at radius 2 is 2.05 bits per heavy atom. The summed E-state index contributed by atoms with van der Waals surface area (Å²) in [5, 5.41) is 12.9. The molecule has 0 spiro atoms. The monoisotopic (exact) mass is 326 g/mol. The molecule has 0 unspecified atom stereocenters. The molecule has 2 N–H and O–H groups in total. The summed E-state index contributed by atoms with van der Waals surface area (Å²) in [7, 11) is 0. The molecule has 0 bridgehead atoms. The first-order valence-corrected chi connectivity index (χ1v) is 7.74. The molecule has 0 radical (unpaired) electrons. The van der Waals surface area contributed by atoms with Gasteiger partial charge in [-0.25, -0.2) is 9.37 Å². The number of benzene rings is 1. The Kier molecular flexibility index (Phi) is 5.29. The smallest absolute Gasteiger partial charge is 0.309 e. The first-order chi connectivity index (χ1) is 10.0. The highest BCUT2D eigenvalue weighted by Gasteiger charge is 2.09. The van der Waals surface area contributed by atoms with Crippen molar-refractivity contribution in [2.45, 2.75) is 10.8 Å². The standard InChI is InChI=1S/C13H11FN2O3S2/c14-8-1-3-9(4-2-8)15-11(17)7-21-13-16-10(6-20-13)5-12(18)19/h1-4,6H,5,7H2,(H,15,17)(H,18,19). The van der Waals surface area contributed by atoms with Gasteiger partial charge in [0.05, 0.1) is 17.9 Å². The van der Waals surface area contributed by atoms with E-state index in [4.69, 9.17) is 5.11 Å². The fourth-order valence-corrected chi connectivity index (χ4v) is 3.09. The molecule has 1 amide bonds. The first kappa shape index (κ1) is 15.5. The van der Waals surface area contributed by atoms with Crippen LogP contribution in [0.1, 0.15) is 5.69 Å². The minimum absolute atomic E-state index is 0.126. The predicted molar refractivity (Wildman–Crippen MR) is 79.2 cm³/mol. The Hall–Kier alpha value is -1.93. The highest BCUT2D eigenvalue weighted by molar-refractivity contribution is 8.01. The van der Waals surface area contributed by atoms with Gasteiger partial charge in [-0.2, -0.15) is 0 Å². The fraction of sp³-hybridized carbons (Fsp3) is 0.154. The average Bonchev–Trinajstić information content (AvgIpc) is 2.86. The van der Waals surface area contributed by atoms with E-state index < -0.39 is 5.97 Å². The van der Waals surface area contributed by atoms with Crippen LogP contribution in [-0.2, 0) is 16.0 Å². The van der Waals surface area contributed by atoms with Crippen LogP contribution >= 0.6 is 23.1 Å². The number of nitrogens with one attached hydrogen (secondary N) is 1. The summed E-state index contributed by atoms with van der Waals surface area (Å²) in [4.78, 5) is 26.4. The van der Waals surface area contributed by atoms with E-state index in [9.17, 15) is 14.0 Å². The highest BCUT2D eigenvalue weighted by Crippen LogP contribution is 2.23. The van der Waals surface area contributed by atoms with Crippen LogP contribution in [0.25, 0.3) is 0 Å². The maximum absolute atomic E-state index is 12.7. The number of carboxylic acid groups (broad SMARTS) is 1. The van der Waals surface area contributed by atoms with Crippen LogP contribution < -0.4 is 5.32 Å². The Morgan fingerprint density at radius 3 is 2.71 bits per heavy atom. The highest BCUT2D eigenvalue weighted by atomic mass is 32.2. The van der Waals surface area contributed by atoms with E-state index in [0.717, 1.165) is 0 Å². The molecule has 0 aliphatic carbocycles. The molecule has 0 saturated heterocycles. The van der Waals surface area contributed by atoms with Crippen LogP contribution in [0.3, 0.4) is 0 Å². The Labute approximate surface area is 128 Å².